The molecule has 2 aromatic carbocycles. The first-order valence-corrected chi connectivity index (χ1v) is 6.70. The molecule has 0 spiro atoms. The summed E-state index contributed by atoms with van der Waals surface area (Å²) in [5, 5.41) is 12.7. The van der Waals surface area contributed by atoms with Gasteiger partial charge in [0.05, 0.1) is 24.8 Å². The van der Waals surface area contributed by atoms with Crippen molar-refractivity contribution in [3.05, 3.63) is 52.5 Å². The molecule has 0 aliphatic carbocycles. The molecule has 5 heteroatoms. The third kappa shape index (κ3) is 3.59. The van der Waals surface area contributed by atoms with E-state index in [1.165, 1.54) is 0 Å². The van der Waals surface area contributed by atoms with Crippen molar-refractivity contribution in [1.29, 1.82) is 5.26 Å². The van der Waals surface area contributed by atoms with Crippen LogP contribution >= 0.6 is 11.6 Å². The summed E-state index contributed by atoms with van der Waals surface area (Å²) >= 11 is 5.91. The summed E-state index contributed by atoms with van der Waals surface area (Å²) in [5.74, 6) is 1.38. The number of nitrogens with one attached hydrogen (secondary N) is 1. The maximum atomic E-state index is 8.96. The van der Waals surface area contributed by atoms with Gasteiger partial charge in [-0.25, -0.2) is 0 Å². The van der Waals surface area contributed by atoms with Crippen molar-refractivity contribution in [3.63, 3.8) is 0 Å². The van der Waals surface area contributed by atoms with Gasteiger partial charge in [-0.1, -0.05) is 17.7 Å². The summed E-state index contributed by atoms with van der Waals surface area (Å²) in [7, 11) is 3.21. The van der Waals surface area contributed by atoms with Crippen LogP contribution < -0.4 is 14.8 Å². The third-order valence-corrected chi connectivity index (χ3v) is 3.36. The van der Waals surface area contributed by atoms with Gasteiger partial charge in [0.2, 0.25) is 0 Å². The molecule has 0 fully saturated rings. The van der Waals surface area contributed by atoms with Crippen LogP contribution in [0.5, 0.6) is 11.5 Å². The molecule has 1 N–H and O–H groups in total. The fourth-order valence-electron chi connectivity index (χ4n) is 1.92. The number of hydrogen-bond donors (Lipinski definition) is 1. The summed E-state index contributed by atoms with van der Waals surface area (Å²) in [6.07, 6.45) is 0. The van der Waals surface area contributed by atoms with E-state index >= 15 is 0 Å². The third-order valence-electron chi connectivity index (χ3n) is 3.03. The summed E-state index contributed by atoms with van der Waals surface area (Å²) < 4.78 is 10.5. The van der Waals surface area contributed by atoms with Crippen molar-refractivity contribution in [2.45, 2.75) is 6.54 Å². The lowest BCUT2D eigenvalue weighted by molar-refractivity contribution is 0.354. The molecule has 0 aliphatic rings. The molecule has 108 valence electrons. The van der Waals surface area contributed by atoms with E-state index in [0.717, 1.165) is 11.3 Å². The van der Waals surface area contributed by atoms with Crippen molar-refractivity contribution < 1.29 is 9.47 Å². The van der Waals surface area contributed by atoms with Gasteiger partial charge in [0.25, 0.3) is 0 Å². The SMILES string of the molecule is COc1ccc(CNc2ccc(Cl)c(C#N)c2)cc1OC. The van der Waals surface area contributed by atoms with Crippen LogP contribution in [-0.4, -0.2) is 14.2 Å². The summed E-state index contributed by atoms with van der Waals surface area (Å²) in [4.78, 5) is 0. The Kier molecular flexibility index (Phi) is 4.91. The summed E-state index contributed by atoms with van der Waals surface area (Å²) in [6, 6.07) is 13.0. The lowest BCUT2D eigenvalue weighted by atomic mass is 10.1. The van der Waals surface area contributed by atoms with Gasteiger partial charge >= 0.3 is 0 Å². The first-order chi connectivity index (χ1) is 10.2. The van der Waals surface area contributed by atoms with E-state index in [1.54, 1.807) is 26.4 Å². The minimum absolute atomic E-state index is 0.453. The Hall–Kier alpha value is -2.38. The monoisotopic (exact) mass is 302 g/mol. The molecule has 2 aromatic rings. The van der Waals surface area contributed by atoms with Crippen molar-refractivity contribution in [2.24, 2.45) is 0 Å². The molecule has 0 aromatic heterocycles. The quantitative estimate of drug-likeness (QED) is 0.911. The highest BCUT2D eigenvalue weighted by atomic mass is 35.5. The van der Waals surface area contributed by atoms with E-state index in [4.69, 9.17) is 26.3 Å². The number of nitriles is 1. The zero-order valence-electron chi connectivity index (χ0n) is 11.8. The molecule has 0 amide bonds. The van der Waals surface area contributed by atoms with Crippen molar-refractivity contribution in [3.8, 4) is 17.6 Å². The maximum Gasteiger partial charge on any atom is 0.161 e. The number of ether oxygens (including phenoxy) is 2. The normalized spacial score (nSPS) is 9.81. The molecule has 21 heavy (non-hydrogen) atoms. The number of rotatable bonds is 5. The number of halogens is 1. The van der Waals surface area contributed by atoms with Gasteiger partial charge in [-0.2, -0.15) is 5.26 Å². The number of nitrogens with zero attached hydrogens (tertiary/aromatic N) is 1. The molecule has 0 unspecified atom stereocenters. The van der Waals surface area contributed by atoms with Gasteiger partial charge in [-0.15, -0.1) is 0 Å². The van der Waals surface area contributed by atoms with Gasteiger partial charge in [-0.05, 0) is 35.9 Å². The van der Waals surface area contributed by atoms with Gasteiger partial charge < -0.3 is 14.8 Å². The zero-order valence-corrected chi connectivity index (χ0v) is 12.6. The number of methoxy groups -OCH3 is 2. The smallest absolute Gasteiger partial charge is 0.161 e. The summed E-state index contributed by atoms with van der Waals surface area (Å²) in [6.45, 7) is 0.604. The predicted molar refractivity (Wildman–Crippen MR) is 83.0 cm³/mol. The lowest BCUT2D eigenvalue weighted by Crippen LogP contribution is -2.01. The molecular formula is C16H15ClN2O2. The molecule has 0 atom stereocenters. The molecule has 0 saturated carbocycles. The second kappa shape index (κ2) is 6.87. The van der Waals surface area contributed by atoms with Crippen LogP contribution in [0.25, 0.3) is 0 Å². The highest BCUT2D eigenvalue weighted by Gasteiger charge is 2.05. The minimum atomic E-state index is 0.453. The van der Waals surface area contributed by atoms with Gasteiger partial charge in [0.15, 0.2) is 11.5 Å². The second-order valence-corrected chi connectivity index (χ2v) is 4.76. The van der Waals surface area contributed by atoms with E-state index < -0.39 is 0 Å². The first-order valence-electron chi connectivity index (χ1n) is 6.32. The average Bonchev–Trinajstić information content (AvgIpc) is 2.53. The number of hydrogen-bond acceptors (Lipinski definition) is 4. The van der Waals surface area contributed by atoms with E-state index in [-0.39, 0.29) is 0 Å². The molecule has 0 aliphatic heterocycles. The van der Waals surface area contributed by atoms with E-state index in [0.29, 0.717) is 28.6 Å². The van der Waals surface area contributed by atoms with Crippen LogP contribution in [-0.2, 0) is 6.54 Å². The molecular weight excluding hydrogens is 288 g/mol. The molecule has 0 heterocycles. The second-order valence-electron chi connectivity index (χ2n) is 4.35. The van der Waals surface area contributed by atoms with E-state index in [2.05, 4.69) is 11.4 Å². The molecule has 0 saturated heterocycles. The fraction of sp³-hybridized carbons (Fsp3) is 0.188. The Morgan fingerprint density at radius 3 is 2.52 bits per heavy atom. The van der Waals surface area contributed by atoms with Crippen LogP contribution in [0.1, 0.15) is 11.1 Å². The van der Waals surface area contributed by atoms with Crippen molar-refractivity contribution in [1.82, 2.24) is 0 Å². The van der Waals surface area contributed by atoms with Gasteiger partial charge in [0, 0.05) is 12.2 Å². The predicted octanol–water partition coefficient (Wildman–Crippen LogP) is 3.84. The Labute approximate surface area is 128 Å². The highest BCUT2D eigenvalue weighted by Crippen LogP contribution is 2.28. The largest absolute Gasteiger partial charge is 0.493 e. The van der Waals surface area contributed by atoms with Crippen molar-refractivity contribution in [2.75, 3.05) is 19.5 Å². The Balaban J connectivity index is 2.11. The van der Waals surface area contributed by atoms with Crippen LogP contribution in [0.15, 0.2) is 36.4 Å². The lowest BCUT2D eigenvalue weighted by Gasteiger charge is -2.11. The molecule has 4 nitrogen and oxygen atoms in total. The first kappa shape index (κ1) is 15.0. The Morgan fingerprint density at radius 2 is 1.86 bits per heavy atom. The topological polar surface area (TPSA) is 54.3 Å². The maximum absolute atomic E-state index is 8.96. The van der Waals surface area contributed by atoms with Crippen LogP contribution in [0.3, 0.4) is 0 Å². The fourth-order valence-corrected chi connectivity index (χ4v) is 2.08. The average molecular weight is 303 g/mol. The standard InChI is InChI=1S/C16H15ClN2O2/c1-20-15-6-3-11(7-16(15)21-2)10-19-13-4-5-14(17)12(8-13)9-18/h3-8,19H,10H2,1-2H3. The van der Waals surface area contributed by atoms with E-state index in [9.17, 15) is 0 Å². The van der Waals surface area contributed by atoms with Gasteiger partial charge in [0.1, 0.15) is 6.07 Å². The number of benzene rings is 2. The molecule has 0 radical (unpaired) electrons. The minimum Gasteiger partial charge on any atom is -0.493 e. The van der Waals surface area contributed by atoms with Crippen LogP contribution in [0, 0.1) is 11.3 Å². The van der Waals surface area contributed by atoms with E-state index in [1.807, 2.05) is 24.3 Å². The van der Waals surface area contributed by atoms with Crippen LogP contribution in [0.2, 0.25) is 5.02 Å². The summed E-state index contributed by atoms with van der Waals surface area (Å²) in [5.41, 5.74) is 2.33. The Morgan fingerprint density at radius 1 is 1.10 bits per heavy atom. The van der Waals surface area contributed by atoms with Crippen LogP contribution in [0.4, 0.5) is 5.69 Å². The Bertz CT molecular complexity index is 680. The van der Waals surface area contributed by atoms with Gasteiger partial charge in [-0.3, -0.25) is 0 Å². The number of anilines is 1. The highest BCUT2D eigenvalue weighted by molar-refractivity contribution is 6.31. The zero-order chi connectivity index (χ0) is 15.2. The molecule has 2 rings (SSSR count). The molecule has 0 bridgehead atoms. The van der Waals surface area contributed by atoms with Crippen molar-refractivity contribution >= 4 is 17.3 Å².